The third-order valence-corrected chi connectivity index (χ3v) is 8.03. The van der Waals surface area contributed by atoms with E-state index in [0.29, 0.717) is 0 Å². The normalized spacial score (nSPS) is 18.2. The molecule has 2 unspecified atom stereocenters. The van der Waals surface area contributed by atoms with E-state index < -0.39 is 66.1 Å². The summed E-state index contributed by atoms with van der Waals surface area (Å²) >= 11 is 0. The van der Waals surface area contributed by atoms with Crippen LogP contribution in [0.25, 0.3) is 0 Å². The summed E-state index contributed by atoms with van der Waals surface area (Å²) < 4.78 is 43.1. The Kier molecular flexibility index (Phi) is 8.21. The number of rotatable bonds is 10. The molecule has 0 aromatic carbocycles. The van der Waals surface area contributed by atoms with Crippen molar-refractivity contribution in [2.75, 3.05) is 32.6 Å². The van der Waals surface area contributed by atoms with Gasteiger partial charge in [-0.2, -0.15) is 0 Å². The summed E-state index contributed by atoms with van der Waals surface area (Å²) in [6.45, 7) is -1.26. The van der Waals surface area contributed by atoms with Gasteiger partial charge in [0.2, 0.25) is 0 Å². The smallest absolute Gasteiger partial charge is 0.324 e. The SMILES string of the molecule is C[N+](CCNC(CP(=O)(O)O)P(=O)(O)O)(CP(=O)(O)O)P(=O)(O)O. The van der Waals surface area contributed by atoms with Crippen molar-refractivity contribution in [1.29, 1.82) is 0 Å². The van der Waals surface area contributed by atoms with Crippen LogP contribution in [0.1, 0.15) is 0 Å². The molecule has 0 rings (SSSR count). The molecule has 146 valence electrons. The van der Waals surface area contributed by atoms with Crippen molar-refractivity contribution in [3.05, 3.63) is 0 Å². The summed E-state index contributed by atoms with van der Waals surface area (Å²) in [6.07, 6.45) is -2.46. The Morgan fingerprint density at radius 3 is 1.62 bits per heavy atom. The number of hydrogen-bond donors (Lipinski definition) is 9. The van der Waals surface area contributed by atoms with Crippen LogP contribution < -0.4 is 5.32 Å². The van der Waals surface area contributed by atoms with Gasteiger partial charge in [-0.1, -0.05) is 0 Å². The van der Waals surface area contributed by atoms with Crippen molar-refractivity contribution in [3.8, 4) is 0 Å². The predicted molar refractivity (Wildman–Crippen MR) is 80.8 cm³/mol. The Hall–Kier alpha value is 0.520. The van der Waals surface area contributed by atoms with Gasteiger partial charge < -0.3 is 29.4 Å². The molecule has 0 aliphatic carbocycles. The number of nitrogens with one attached hydrogen (secondary N) is 1. The van der Waals surface area contributed by atoms with Gasteiger partial charge in [-0.25, -0.2) is 8.82 Å². The van der Waals surface area contributed by atoms with Crippen molar-refractivity contribution < 1.29 is 61.7 Å². The third-order valence-electron chi connectivity index (χ3n) is 2.91. The van der Waals surface area contributed by atoms with Crippen molar-refractivity contribution in [2.24, 2.45) is 0 Å². The topological polar surface area (TPSA) is 242 Å². The van der Waals surface area contributed by atoms with Gasteiger partial charge in [-0.15, -0.1) is 0 Å². The maximum atomic E-state index is 11.4. The van der Waals surface area contributed by atoms with Gasteiger partial charge in [0.05, 0.1) is 19.8 Å². The number of nitrogens with zero attached hydrogens (tertiary/aromatic N) is 1. The van der Waals surface area contributed by atoms with Crippen molar-refractivity contribution >= 4 is 30.5 Å². The van der Waals surface area contributed by atoms with Gasteiger partial charge >= 0.3 is 30.5 Å². The number of likely N-dealkylation sites (N-methyl/N-ethyl adjacent to an activating group) is 1. The monoisotopic (exact) mass is 437 g/mol. The second-order valence-electron chi connectivity index (χ2n) is 5.29. The van der Waals surface area contributed by atoms with E-state index in [-0.39, 0.29) is 0 Å². The molecule has 24 heavy (non-hydrogen) atoms. The summed E-state index contributed by atoms with van der Waals surface area (Å²) in [7, 11) is -18.9. The molecule has 0 saturated heterocycles. The molecule has 0 aliphatic heterocycles. The summed E-state index contributed by atoms with van der Waals surface area (Å²) in [5.41, 5.74) is 0. The number of hydrogen-bond acceptors (Lipinski definition) is 5. The van der Waals surface area contributed by atoms with Crippen LogP contribution in [0.4, 0.5) is 0 Å². The molecule has 0 saturated carbocycles. The highest BCUT2D eigenvalue weighted by atomic mass is 31.2. The molecule has 0 fully saturated rings. The minimum Gasteiger partial charge on any atom is -0.324 e. The molecule has 0 amide bonds. The van der Waals surface area contributed by atoms with Gasteiger partial charge in [0.25, 0.3) is 0 Å². The molecule has 0 aromatic heterocycles. The van der Waals surface area contributed by atoms with E-state index in [1.165, 1.54) is 0 Å². The summed E-state index contributed by atoms with van der Waals surface area (Å²) in [5, 5.41) is 2.06. The largest absolute Gasteiger partial charge is 0.526 e. The average Bonchev–Trinajstić information content (AvgIpc) is 2.20. The Balaban J connectivity index is 5.17. The van der Waals surface area contributed by atoms with Crippen LogP contribution in [-0.2, 0) is 18.3 Å². The summed E-state index contributed by atoms with van der Waals surface area (Å²) in [5.74, 6) is -1.99. The van der Waals surface area contributed by atoms with E-state index in [2.05, 4.69) is 5.32 Å². The fourth-order valence-electron chi connectivity index (χ4n) is 1.67. The van der Waals surface area contributed by atoms with Crippen LogP contribution >= 0.6 is 30.5 Å². The second kappa shape index (κ2) is 8.04. The fourth-order valence-corrected chi connectivity index (χ4v) is 6.55. The lowest BCUT2D eigenvalue weighted by molar-refractivity contribution is -0.790. The first-order valence-corrected chi connectivity index (χ1v) is 12.9. The minimum atomic E-state index is -5.07. The maximum absolute atomic E-state index is 11.4. The third kappa shape index (κ3) is 9.28. The molecule has 0 spiro atoms. The molecule has 0 bridgehead atoms. The molecule has 14 nitrogen and oxygen atoms in total. The van der Waals surface area contributed by atoms with Crippen molar-refractivity contribution in [3.63, 3.8) is 0 Å². The highest BCUT2D eigenvalue weighted by molar-refractivity contribution is 7.56. The molecule has 0 radical (unpaired) electrons. The quantitative estimate of drug-likeness (QED) is 0.167. The first kappa shape index (κ1) is 24.5. The van der Waals surface area contributed by atoms with Crippen LogP contribution in [0.5, 0.6) is 0 Å². The molecule has 18 heteroatoms. The highest BCUT2D eigenvalue weighted by Gasteiger charge is 2.46. The van der Waals surface area contributed by atoms with Crippen LogP contribution in [0.2, 0.25) is 0 Å². The first-order chi connectivity index (χ1) is 10.3. The molecular formula is C6H21N2O12P4+. The zero-order chi connectivity index (χ0) is 19.6. The molecule has 0 aromatic rings. The lowest BCUT2D eigenvalue weighted by Crippen LogP contribution is -2.47. The molecule has 2 atom stereocenters. The van der Waals surface area contributed by atoms with Crippen LogP contribution in [0.3, 0.4) is 0 Å². The highest BCUT2D eigenvalue weighted by Crippen LogP contribution is 2.53. The molecule has 0 heterocycles. The first-order valence-electron chi connectivity index (χ1n) is 6.05. The molecule has 0 aliphatic rings. The van der Waals surface area contributed by atoms with Gasteiger partial charge in [-0.3, -0.25) is 28.8 Å². The van der Waals surface area contributed by atoms with E-state index in [4.69, 9.17) is 29.4 Å². The van der Waals surface area contributed by atoms with E-state index in [1.54, 1.807) is 0 Å². The van der Waals surface area contributed by atoms with Gasteiger partial charge in [0.1, 0.15) is 5.78 Å². The van der Waals surface area contributed by atoms with E-state index >= 15 is 0 Å². The number of quaternary nitrogens is 1. The average molecular weight is 437 g/mol. The zero-order valence-electron chi connectivity index (χ0n) is 12.4. The zero-order valence-corrected chi connectivity index (χ0v) is 15.9. The molecule has 9 N–H and O–H groups in total. The summed E-state index contributed by atoms with van der Waals surface area (Å²) in [4.78, 5) is 72.0. The Bertz CT molecular complexity index is 615. The van der Waals surface area contributed by atoms with E-state index in [0.717, 1.165) is 7.05 Å². The van der Waals surface area contributed by atoms with Gasteiger partial charge in [0.15, 0.2) is 6.29 Å². The van der Waals surface area contributed by atoms with Gasteiger partial charge in [0, 0.05) is 6.54 Å². The van der Waals surface area contributed by atoms with Crippen LogP contribution in [-0.4, -0.2) is 81.8 Å². The Morgan fingerprint density at radius 1 is 0.875 bits per heavy atom. The standard InChI is InChI=1S/C6H20N2O12P4/c1-8(24(18,19)20,5-22(12,13)14)3-2-7-6(23(15,16)17)4-21(9,10)11/h6-7H,2-5H2,1H3,(H7-,9,10,11,12,13,14,15,16,17,18,19,20)/p+1. The Morgan fingerprint density at radius 2 is 1.33 bits per heavy atom. The summed E-state index contributed by atoms with van der Waals surface area (Å²) in [6, 6.07) is 0. The van der Waals surface area contributed by atoms with E-state index in [1.807, 2.05) is 0 Å². The van der Waals surface area contributed by atoms with Gasteiger partial charge in [-0.05, 0) is 0 Å². The van der Waals surface area contributed by atoms with Crippen LogP contribution in [0.15, 0.2) is 0 Å². The predicted octanol–water partition coefficient (Wildman–Crippen LogP) is -2.07. The lowest BCUT2D eigenvalue weighted by atomic mass is 10.5. The van der Waals surface area contributed by atoms with Crippen molar-refractivity contribution in [1.82, 2.24) is 5.32 Å². The van der Waals surface area contributed by atoms with E-state index in [9.17, 15) is 28.0 Å². The molecular weight excluding hydrogens is 416 g/mol. The van der Waals surface area contributed by atoms with Crippen molar-refractivity contribution in [2.45, 2.75) is 5.78 Å². The fraction of sp³-hybridized carbons (Fsp3) is 1.00. The maximum Gasteiger partial charge on any atom is 0.526 e. The minimum absolute atomic E-state index is 0.586. The Labute approximate surface area is 136 Å². The second-order valence-corrected chi connectivity index (χ2v) is 12.4. The van der Waals surface area contributed by atoms with Crippen LogP contribution in [0, 0.1) is 0 Å². The lowest BCUT2D eigenvalue weighted by Gasteiger charge is -2.34.